The minimum Gasteiger partial charge on any atom is -0.459 e. The van der Waals surface area contributed by atoms with Crippen LogP contribution >= 0.6 is 0 Å². The molecule has 5 heteroatoms. The molecule has 1 saturated carbocycles. The molecule has 0 aliphatic heterocycles. The largest absolute Gasteiger partial charge is 0.459 e. The molecule has 1 rings (SSSR count). The van der Waals surface area contributed by atoms with Gasteiger partial charge in [0.1, 0.15) is 11.2 Å². The SMILES string of the molecule is CC(C)(C)OC(=O)C(C(=O)OC(C)(C)C)[C@@H]1C(C)(C)[C@@]1(C)O. The predicted molar refractivity (Wildman–Crippen MR) is 83.1 cm³/mol. The van der Waals surface area contributed by atoms with Gasteiger partial charge in [-0.2, -0.15) is 0 Å². The van der Waals surface area contributed by atoms with E-state index in [1.807, 2.05) is 13.8 Å². The fourth-order valence-electron chi connectivity index (χ4n) is 2.84. The van der Waals surface area contributed by atoms with E-state index in [1.165, 1.54) is 0 Å². The van der Waals surface area contributed by atoms with Crippen LogP contribution in [0.2, 0.25) is 0 Å². The summed E-state index contributed by atoms with van der Waals surface area (Å²) in [7, 11) is 0. The van der Waals surface area contributed by atoms with Crippen molar-refractivity contribution in [2.24, 2.45) is 17.3 Å². The lowest BCUT2D eigenvalue weighted by atomic mass is 9.96. The summed E-state index contributed by atoms with van der Waals surface area (Å²) in [5.74, 6) is -2.93. The first kappa shape index (κ1) is 18.9. The average Bonchev–Trinajstić information content (AvgIpc) is 2.55. The molecule has 1 aliphatic carbocycles. The number of rotatable bonds is 3. The fourth-order valence-corrected chi connectivity index (χ4v) is 2.84. The Kier molecular flexibility index (Phi) is 4.50. The van der Waals surface area contributed by atoms with E-state index in [0.717, 1.165) is 0 Å². The zero-order valence-electron chi connectivity index (χ0n) is 15.2. The topological polar surface area (TPSA) is 72.8 Å². The van der Waals surface area contributed by atoms with Crippen LogP contribution in [-0.4, -0.2) is 33.8 Å². The summed E-state index contributed by atoms with van der Waals surface area (Å²) in [6, 6.07) is 0. The highest BCUT2D eigenvalue weighted by molar-refractivity contribution is 5.96. The van der Waals surface area contributed by atoms with Crippen LogP contribution in [0.3, 0.4) is 0 Å². The summed E-state index contributed by atoms with van der Waals surface area (Å²) >= 11 is 0. The van der Waals surface area contributed by atoms with Crippen LogP contribution in [-0.2, 0) is 19.1 Å². The smallest absolute Gasteiger partial charge is 0.321 e. The monoisotopic (exact) mass is 314 g/mol. The number of esters is 2. The Bertz CT molecular complexity index is 420. The first-order valence-electron chi connectivity index (χ1n) is 7.69. The van der Waals surface area contributed by atoms with E-state index in [4.69, 9.17) is 9.47 Å². The molecular formula is C17H30O5. The first-order valence-corrected chi connectivity index (χ1v) is 7.69. The third kappa shape index (κ3) is 3.80. The molecule has 0 amide bonds. The van der Waals surface area contributed by atoms with Gasteiger partial charge in [-0.15, -0.1) is 0 Å². The molecule has 5 nitrogen and oxygen atoms in total. The highest BCUT2D eigenvalue weighted by Gasteiger charge is 2.73. The highest BCUT2D eigenvalue weighted by Crippen LogP contribution is 2.65. The molecule has 0 aromatic carbocycles. The van der Waals surface area contributed by atoms with Crippen molar-refractivity contribution in [1.29, 1.82) is 0 Å². The molecule has 22 heavy (non-hydrogen) atoms. The van der Waals surface area contributed by atoms with Crippen LogP contribution in [0.4, 0.5) is 0 Å². The quantitative estimate of drug-likeness (QED) is 0.640. The lowest BCUT2D eigenvalue weighted by Crippen LogP contribution is -2.39. The van der Waals surface area contributed by atoms with Crippen molar-refractivity contribution in [3.8, 4) is 0 Å². The minimum atomic E-state index is -1.12. The van der Waals surface area contributed by atoms with E-state index >= 15 is 0 Å². The van der Waals surface area contributed by atoms with Gasteiger partial charge in [-0.1, -0.05) is 13.8 Å². The normalized spacial score (nSPS) is 27.5. The van der Waals surface area contributed by atoms with Gasteiger partial charge in [-0.05, 0) is 48.5 Å². The van der Waals surface area contributed by atoms with E-state index in [9.17, 15) is 14.7 Å². The molecule has 0 saturated heterocycles. The second kappa shape index (κ2) is 5.22. The van der Waals surface area contributed by atoms with Crippen molar-refractivity contribution < 1.29 is 24.2 Å². The predicted octanol–water partition coefficient (Wildman–Crippen LogP) is 2.69. The molecule has 2 atom stereocenters. The van der Waals surface area contributed by atoms with E-state index in [2.05, 4.69) is 0 Å². The Morgan fingerprint density at radius 1 is 0.909 bits per heavy atom. The van der Waals surface area contributed by atoms with Crippen molar-refractivity contribution >= 4 is 11.9 Å². The Labute approximate surface area is 133 Å². The number of aliphatic hydroxyl groups is 1. The molecular weight excluding hydrogens is 284 g/mol. The maximum Gasteiger partial charge on any atom is 0.321 e. The molecule has 0 spiro atoms. The maximum atomic E-state index is 12.5. The van der Waals surface area contributed by atoms with Crippen LogP contribution < -0.4 is 0 Å². The van der Waals surface area contributed by atoms with Crippen LogP contribution in [0.25, 0.3) is 0 Å². The van der Waals surface area contributed by atoms with E-state index in [-0.39, 0.29) is 0 Å². The third-order valence-electron chi connectivity index (χ3n) is 4.26. The molecule has 128 valence electrons. The number of hydrogen-bond donors (Lipinski definition) is 1. The standard InChI is InChI=1S/C17H30O5/c1-14(2,3)21-12(18)10(13(19)22-15(4,5)6)11-16(7,8)17(11,9)20/h10-11,20H,1-9H3/t11-,17+/m1/s1. The van der Waals surface area contributed by atoms with E-state index < -0.39 is 46.0 Å². The number of hydrogen-bond acceptors (Lipinski definition) is 5. The van der Waals surface area contributed by atoms with Crippen molar-refractivity contribution in [3.05, 3.63) is 0 Å². The van der Waals surface area contributed by atoms with Gasteiger partial charge >= 0.3 is 11.9 Å². The van der Waals surface area contributed by atoms with Gasteiger partial charge in [-0.25, -0.2) is 0 Å². The van der Waals surface area contributed by atoms with Crippen molar-refractivity contribution in [2.45, 2.75) is 79.1 Å². The fraction of sp³-hybridized carbons (Fsp3) is 0.882. The Morgan fingerprint density at radius 3 is 1.36 bits per heavy atom. The molecule has 1 aliphatic rings. The van der Waals surface area contributed by atoms with Crippen LogP contribution in [0.1, 0.15) is 62.3 Å². The Morgan fingerprint density at radius 2 is 1.18 bits per heavy atom. The molecule has 0 bridgehead atoms. The van der Waals surface area contributed by atoms with Crippen molar-refractivity contribution in [3.63, 3.8) is 0 Å². The van der Waals surface area contributed by atoms with Crippen LogP contribution in [0, 0.1) is 17.3 Å². The summed E-state index contributed by atoms with van der Waals surface area (Å²) < 4.78 is 10.7. The van der Waals surface area contributed by atoms with Crippen molar-refractivity contribution in [1.82, 2.24) is 0 Å². The van der Waals surface area contributed by atoms with Crippen molar-refractivity contribution in [2.75, 3.05) is 0 Å². The summed E-state index contributed by atoms with van der Waals surface area (Å²) in [4.78, 5) is 25.0. The zero-order chi connectivity index (χ0) is 17.7. The Balaban J connectivity index is 3.08. The average molecular weight is 314 g/mol. The minimum absolute atomic E-state index is 0.523. The molecule has 0 heterocycles. The van der Waals surface area contributed by atoms with Gasteiger partial charge in [0, 0.05) is 11.3 Å². The second-order valence-corrected chi connectivity index (χ2v) is 8.89. The highest BCUT2D eigenvalue weighted by atomic mass is 16.6. The first-order chi connectivity index (χ1) is 9.51. The van der Waals surface area contributed by atoms with Gasteiger partial charge in [0.2, 0.25) is 0 Å². The molecule has 0 radical (unpaired) electrons. The van der Waals surface area contributed by atoms with Gasteiger partial charge in [-0.3, -0.25) is 9.59 Å². The Hall–Kier alpha value is -1.10. The van der Waals surface area contributed by atoms with E-state index in [1.54, 1.807) is 48.5 Å². The molecule has 1 fully saturated rings. The summed E-state index contributed by atoms with van der Waals surface area (Å²) in [6.07, 6.45) is 0. The number of carbonyl (C=O) groups excluding carboxylic acids is 2. The van der Waals surface area contributed by atoms with Crippen LogP contribution in [0.15, 0.2) is 0 Å². The molecule has 1 N–H and O–H groups in total. The summed E-state index contributed by atoms with van der Waals surface area (Å²) in [5.41, 5.74) is -3.07. The van der Waals surface area contributed by atoms with Gasteiger partial charge in [0.15, 0.2) is 5.92 Å². The lowest BCUT2D eigenvalue weighted by molar-refractivity contribution is -0.176. The number of ether oxygens (including phenoxy) is 2. The third-order valence-corrected chi connectivity index (χ3v) is 4.26. The lowest BCUT2D eigenvalue weighted by Gasteiger charge is -2.27. The van der Waals surface area contributed by atoms with Crippen LogP contribution in [0.5, 0.6) is 0 Å². The maximum absolute atomic E-state index is 12.5. The summed E-state index contributed by atoms with van der Waals surface area (Å²) in [5, 5.41) is 10.5. The molecule has 0 aromatic rings. The van der Waals surface area contributed by atoms with Gasteiger partial charge in [0.25, 0.3) is 0 Å². The molecule has 0 unspecified atom stereocenters. The van der Waals surface area contributed by atoms with Gasteiger partial charge < -0.3 is 14.6 Å². The van der Waals surface area contributed by atoms with E-state index in [0.29, 0.717) is 0 Å². The summed E-state index contributed by atoms with van der Waals surface area (Å²) in [6.45, 7) is 15.8. The molecule has 0 aromatic heterocycles. The number of carbonyl (C=O) groups is 2. The second-order valence-electron chi connectivity index (χ2n) is 8.89. The zero-order valence-corrected chi connectivity index (χ0v) is 15.2. The van der Waals surface area contributed by atoms with Gasteiger partial charge in [0.05, 0.1) is 5.60 Å².